The summed E-state index contributed by atoms with van der Waals surface area (Å²) in [6.45, 7) is 1.69. The van der Waals surface area contributed by atoms with E-state index in [1.165, 1.54) is 38.5 Å². The topological polar surface area (TPSA) is 52.0 Å². The highest BCUT2D eigenvalue weighted by atomic mass is 35.5. The predicted octanol–water partition coefficient (Wildman–Crippen LogP) is 2.09. The normalized spacial score (nSPS) is 8.50. The van der Waals surface area contributed by atoms with E-state index >= 15 is 0 Å². The second-order valence-corrected chi connectivity index (χ2v) is 2.70. The van der Waals surface area contributed by atoms with Gasteiger partial charge in [-0.2, -0.15) is 0 Å². The average Bonchev–Trinajstić information content (AvgIpc) is 1.97. The maximum Gasteiger partial charge on any atom is -0.00773 e. The zero-order valence-electron chi connectivity index (χ0n) is 7.63. The molecular formula is C8H22Cl2N2. The molecule has 4 N–H and O–H groups in total. The third-order valence-corrected chi connectivity index (χ3v) is 1.66. The number of nitrogens with two attached hydrogens (primary N) is 2. The summed E-state index contributed by atoms with van der Waals surface area (Å²) in [5.41, 5.74) is 10.7. The smallest absolute Gasteiger partial charge is 0.00773 e. The Balaban J connectivity index is -0.000000405. The minimum Gasteiger partial charge on any atom is -0.330 e. The van der Waals surface area contributed by atoms with Gasteiger partial charge in [-0.05, 0) is 25.9 Å². The third-order valence-electron chi connectivity index (χ3n) is 1.66. The number of rotatable bonds is 7. The molecule has 0 unspecified atom stereocenters. The lowest BCUT2D eigenvalue weighted by molar-refractivity contribution is 0.601. The van der Waals surface area contributed by atoms with E-state index in [0.29, 0.717) is 0 Å². The maximum atomic E-state index is 5.35. The van der Waals surface area contributed by atoms with Crippen LogP contribution in [0.5, 0.6) is 0 Å². The Labute approximate surface area is 88.3 Å². The van der Waals surface area contributed by atoms with Gasteiger partial charge < -0.3 is 11.5 Å². The molecule has 0 saturated carbocycles. The first kappa shape index (κ1) is 18.3. The Bertz CT molecular complexity index is 55.0. The lowest BCUT2D eigenvalue weighted by atomic mass is 10.1. The molecule has 4 heteroatoms. The van der Waals surface area contributed by atoms with Crippen molar-refractivity contribution < 1.29 is 0 Å². The van der Waals surface area contributed by atoms with Crippen LogP contribution in [0.1, 0.15) is 38.5 Å². The summed E-state index contributed by atoms with van der Waals surface area (Å²) in [7, 11) is 0. The van der Waals surface area contributed by atoms with Crippen LogP contribution in [0.4, 0.5) is 0 Å². The third kappa shape index (κ3) is 16.8. The zero-order chi connectivity index (χ0) is 7.66. The van der Waals surface area contributed by atoms with Crippen molar-refractivity contribution in [2.24, 2.45) is 11.5 Å². The van der Waals surface area contributed by atoms with Gasteiger partial charge in [-0.25, -0.2) is 0 Å². The van der Waals surface area contributed by atoms with Crippen molar-refractivity contribution >= 4 is 24.8 Å². The SMILES string of the molecule is Cl.Cl.NCCCCCCCCN. The molecule has 0 radical (unpaired) electrons. The van der Waals surface area contributed by atoms with Gasteiger partial charge in [0.2, 0.25) is 0 Å². The van der Waals surface area contributed by atoms with E-state index in [0.717, 1.165) is 13.1 Å². The zero-order valence-corrected chi connectivity index (χ0v) is 9.26. The lowest BCUT2D eigenvalue weighted by Gasteiger charge is -1.97. The quantitative estimate of drug-likeness (QED) is 0.641. The van der Waals surface area contributed by atoms with Crippen LogP contribution in [0.3, 0.4) is 0 Å². The molecule has 0 aromatic carbocycles. The van der Waals surface area contributed by atoms with E-state index in [1.807, 2.05) is 0 Å². The molecule has 2 nitrogen and oxygen atoms in total. The van der Waals surface area contributed by atoms with Crippen LogP contribution in [-0.4, -0.2) is 13.1 Å². The van der Waals surface area contributed by atoms with Gasteiger partial charge in [-0.1, -0.05) is 25.7 Å². The Morgan fingerprint density at radius 2 is 0.750 bits per heavy atom. The van der Waals surface area contributed by atoms with Crippen LogP contribution in [0.15, 0.2) is 0 Å². The standard InChI is InChI=1S/C8H20N2.2ClH/c9-7-5-3-1-2-4-6-8-10;;/h1-10H2;2*1H. The summed E-state index contributed by atoms with van der Waals surface area (Å²) in [5.74, 6) is 0. The number of hydrogen-bond donors (Lipinski definition) is 2. The van der Waals surface area contributed by atoms with Crippen molar-refractivity contribution in [3.05, 3.63) is 0 Å². The molecule has 0 atom stereocenters. The Hall–Kier alpha value is 0.500. The molecule has 78 valence electrons. The molecule has 0 spiro atoms. The van der Waals surface area contributed by atoms with Gasteiger partial charge in [0.05, 0.1) is 0 Å². The van der Waals surface area contributed by atoms with Crippen LogP contribution in [0, 0.1) is 0 Å². The van der Waals surface area contributed by atoms with Crippen molar-refractivity contribution in [3.8, 4) is 0 Å². The van der Waals surface area contributed by atoms with E-state index in [9.17, 15) is 0 Å². The molecule has 0 aliphatic rings. The summed E-state index contributed by atoms with van der Waals surface area (Å²) >= 11 is 0. The lowest BCUT2D eigenvalue weighted by Crippen LogP contribution is -1.99. The molecule has 0 bridgehead atoms. The highest BCUT2D eigenvalue weighted by Gasteiger charge is 1.87. The van der Waals surface area contributed by atoms with Crippen molar-refractivity contribution in [3.63, 3.8) is 0 Å². The molecule has 0 rings (SSSR count). The van der Waals surface area contributed by atoms with E-state index in [-0.39, 0.29) is 24.8 Å². The highest BCUT2D eigenvalue weighted by molar-refractivity contribution is 5.85. The second kappa shape index (κ2) is 17.5. The number of hydrogen-bond acceptors (Lipinski definition) is 2. The fourth-order valence-corrected chi connectivity index (χ4v) is 0.996. The van der Waals surface area contributed by atoms with E-state index in [4.69, 9.17) is 11.5 Å². The van der Waals surface area contributed by atoms with Gasteiger partial charge in [0.25, 0.3) is 0 Å². The number of halogens is 2. The van der Waals surface area contributed by atoms with Crippen LogP contribution >= 0.6 is 24.8 Å². The van der Waals surface area contributed by atoms with Crippen LogP contribution in [0.25, 0.3) is 0 Å². The fourth-order valence-electron chi connectivity index (χ4n) is 0.996. The molecule has 0 heterocycles. The van der Waals surface area contributed by atoms with Crippen LogP contribution < -0.4 is 11.5 Å². The van der Waals surface area contributed by atoms with Gasteiger partial charge >= 0.3 is 0 Å². The minimum absolute atomic E-state index is 0. The van der Waals surface area contributed by atoms with E-state index < -0.39 is 0 Å². The Morgan fingerprint density at radius 1 is 0.500 bits per heavy atom. The van der Waals surface area contributed by atoms with Gasteiger partial charge in [0, 0.05) is 0 Å². The molecular weight excluding hydrogens is 195 g/mol. The number of unbranched alkanes of at least 4 members (excludes halogenated alkanes) is 5. The monoisotopic (exact) mass is 216 g/mol. The molecule has 0 fully saturated rings. The summed E-state index contributed by atoms with van der Waals surface area (Å²) in [5, 5.41) is 0. The van der Waals surface area contributed by atoms with Gasteiger partial charge in [0.1, 0.15) is 0 Å². The molecule has 0 amide bonds. The summed E-state index contributed by atoms with van der Waals surface area (Å²) in [6, 6.07) is 0. The highest BCUT2D eigenvalue weighted by Crippen LogP contribution is 2.03. The van der Waals surface area contributed by atoms with Crippen molar-refractivity contribution in [2.75, 3.05) is 13.1 Å². The van der Waals surface area contributed by atoms with Gasteiger partial charge in [-0.3, -0.25) is 0 Å². The largest absolute Gasteiger partial charge is 0.330 e. The summed E-state index contributed by atoms with van der Waals surface area (Å²) in [4.78, 5) is 0. The van der Waals surface area contributed by atoms with Crippen molar-refractivity contribution in [2.45, 2.75) is 38.5 Å². The van der Waals surface area contributed by atoms with Gasteiger partial charge in [-0.15, -0.1) is 24.8 Å². The van der Waals surface area contributed by atoms with Crippen LogP contribution in [0.2, 0.25) is 0 Å². The average molecular weight is 217 g/mol. The van der Waals surface area contributed by atoms with Gasteiger partial charge in [0.15, 0.2) is 0 Å². The molecule has 0 aliphatic carbocycles. The van der Waals surface area contributed by atoms with Crippen molar-refractivity contribution in [1.82, 2.24) is 0 Å². The maximum absolute atomic E-state index is 5.35. The van der Waals surface area contributed by atoms with Crippen molar-refractivity contribution in [1.29, 1.82) is 0 Å². The summed E-state index contributed by atoms with van der Waals surface area (Å²) in [6.07, 6.45) is 7.61. The summed E-state index contributed by atoms with van der Waals surface area (Å²) < 4.78 is 0. The Morgan fingerprint density at radius 3 is 1.00 bits per heavy atom. The first-order chi connectivity index (χ1) is 4.91. The minimum atomic E-state index is 0. The molecule has 12 heavy (non-hydrogen) atoms. The predicted molar refractivity (Wildman–Crippen MR) is 60.3 cm³/mol. The first-order valence-electron chi connectivity index (χ1n) is 4.32. The van der Waals surface area contributed by atoms with Crippen LogP contribution in [-0.2, 0) is 0 Å². The molecule has 0 aliphatic heterocycles. The Kier molecular flexibility index (Phi) is 26.8. The van der Waals surface area contributed by atoms with E-state index in [1.54, 1.807) is 0 Å². The molecule has 0 aromatic heterocycles. The second-order valence-electron chi connectivity index (χ2n) is 2.70. The molecule has 0 aromatic rings. The van der Waals surface area contributed by atoms with E-state index in [2.05, 4.69) is 0 Å². The fraction of sp³-hybridized carbons (Fsp3) is 1.00. The first-order valence-corrected chi connectivity index (χ1v) is 4.32. The molecule has 0 saturated heterocycles.